The Balaban J connectivity index is 4.56. The van der Waals surface area contributed by atoms with E-state index in [1.807, 2.05) is 19.1 Å². The highest BCUT2D eigenvalue weighted by Crippen LogP contribution is 2.43. The van der Waals surface area contributed by atoms with E-state index in [1.54, 1.807) is 42.5 Å². The summed E-state index contributed by atoms with van der Waals surface area (Å²) in [5, 5.41) is 48.8. The number of rotatable bonds is 41. The van der Waals surface area contributed by atoms with Crippen LogP contribution in [0.3, 0.4) is 0 Å². The van der Waals surface area contributed by atoms with Crippen molar-refractivity contribution in [3.05, 3.63) is 60.8 Å². The van der Waals surface area contributed by atoms with E-state index in [2.05, 4.69) is 18.4 Å². The van der Waals surface area contributed by atoms with Crippen molar-refractivity contribution in [2.45, 2.75) is 193 Å². The van der Waals surface area contributed by atoms with Crippen LogP contribution in [0.4, 0.5) is 0 Å². The molecule has 14 heteroatoms. The molecule has 0 aliphatic carbocycles. The molecule has 0 rings (SSSR count). The molecule has 0 radical (unpaired) electrons. The number of esters is 2. The Labute approximate surface area is 367 Å². The van der Waals surface area contributed by atoms with Crippen LogP contribution in [-0.4, -0.2) is 99.3 Å². The smallest absolute Gasteiger partial charge is 0.462 e. The molecular weight excluding hydrogens is 803 g/mol. The summed E-state index contributed by atoms with van der Waals surface area (Å²) in [4.78, 5) is 35.1. The van der Waals surface area contributed by atoms with Gasteiger partial charge in [-0.3, -0.25) is 18.6 Å². The van der Waals surface area contributed by atoms with Crippen LogP contribution >= 0.6 is 7.82 Å². The summed E-state index contributed by atoms with van der Waals surface area (Å²) in [5.74, 6) is -0.446. The van der Waals surface area contributed by atoms with Crippen molar-refractivity contribution >= 4 is 19.8 Å². The van der Waals surface area contributed by atoms with Gasteiger partial charge in [-0.1, -0.05) is 178 Å². The number of hydrogen-bond donors (Lipinski definition) is 6. The Hall–Kier alpha value is -2.45. The van der Waals surface area contributed by atoms with Gasteiger partial charge < -0.3 is 39.9 Å². The molecule has 0 spiro atoms. The van der Waals surface area contributed by atoms with Gasteiger partial charge in [-0.05, 0) is 38.0 Å². The molecule has 0 saturated heterocycles. The summed E-state index contributed by atoms with van der Waals surface area (Å²) in [6.45, 7) is 4.13. The van der Waals surface area contributed by atoms with Crippen molar-refractivity contribution in [1.82, 2.24) is 0 Å². The summed E-state index contributed by atoms with van der Waals surface area (Å²) in [7, 11) is -4.70. The number of hydrogen-bond acceptors (Lipinski definition) is 12. The number of allylic oxidation sites excluding steroid dienone is 7. The quantitative estimate of drug-likeness (QED) is 0.0111. The van der Waals surface area contributed by atoms with E-state index in [4.69, 9.17) is 19.1 Å². The Morgan fingerprint density at radius 2 is 1.11 bits per heavy atom. The van der Waals surface area contributed by atoms with Crippen LogP contribution in [0.2, 0.25) is 0 Å². The van der Waals surface area contributed by atoms with Crippen LogP contribution in [-0.2, 0) is 32.7 Å². The molecule has 0 aromatic heterocycles. The molecule has 0 aromatic rings. The fourth-order valence-corrected chi connectivity index (χ4v) is 6.84. The molecule has 0 heterocycles. The Bertz CT molecular complexity index is 1260. The van der Waals surface area contributed by atoms with Gasteiger partial charge in [0.25, 0.3) is 0 Å². The molecule has 0 fully saturated rings. The fraction of sp³-hybridized carbons (Fsp3) is 0.745. The molecule has 0 aliphatic rings. The van der Waals surface area contributed by atoms with E-state index >= 15 is 0 Å². The summed E-state index contributed by atoms with van der Waals surface area (Å²) in [6, 6.07) is 0. The Morgan fingerprint density at radius 3 is 1.67 bits per heavy atom. The summed E-state index contributed by atoms with van der Waals surface area (Å²) < 4.78 is 32.5. The second kappa shape index (κ2) is 40.3. The lowest BCUT2D eigenvalue weighted by Crippen LogP contribution is -2.30. The van der Waals surface area contributed by atoms with Crippen molar-refractivity contribution in [1.29, 1.82) is 0 Å². The number of carbonyl (C=O) groups is 2. The molecule has 6 atom stereocenters. The van der Waals surface area contributed by atoms with Gasteiger partial charge in [0, 0.05) is 12.8 Å². The van der Waals surface area contributed by atoms with Crippen molar-refractivity contribution in [2.75, 3.05) is 26.4 Å². The number of unbranched alkanes of at least 4 members (excludes halogenated alkanes) is 14. The highest BCUT2D eigenvalue weighted by Gasteiger charge is 2.27. The van der Waals surface area contributed by atoms with Crippen LogP contribution in [0, 0.1) is 5.92 Å². The van der Waals surface area contributed by atoms with Gasteiger partial charge in [0.15, 0.2) is 6.10 Å². The minimum atomic E-state index is -4.70. The van der Waals surface area contributed by atoms with Crippen molar-refractivity contribution < 1.29 is 63.1 Å². The summed E-state index contributed by atoms with van der Waals surface area (Å²) >= 11 is 0. The normalized spacial score (nSPS) is 16.0. The molecule has 1 unspecified atom stereocenters. The first-order valence-electron chi connectivity index (χ1n) is 22.9. The third kappa shape index (κ3) is 40.1. The Morgan fingerprint density at radius 1 is 0.607 bits per heavy atom. The second-order valence-corrected chi connectivity index (χ2v) is 17.6. The zero-order chi connectivity index (χ0) is 45.4. The average molecular weight is 887 g/mol. The number of phosphoric acid groups is 1. The third-order valence-electron chi connectivity index (χ3n) is 9.71. The van der Waals surface area contributed by atoms with E-state index in [0.717, 1.165) is 31.6 Å². The van der Waals surface area contributed by atoms with Crippen LogP contribution in [0.1, 0.15) is 162 Å². The molecule has 0 amide bonds. The SMILES string of the molecule is CC/C=C\C[C@@H](O)/C=C/C=C/C=C\C=C/[C@H](O)[C@@H](O)CCCC(=O)OC[C@H](COP(=O)(O)OC[C@@H](O)CO)OC(=O)CCCCCCCCCCCCCCCCCC(C)C. The molecule has 0 saturated carbocycles. The van der Waals surface area contributed by atoms with Gasteiger partial charge in [0.05, 0.1) is 38.1 Å². The lowest BCUT2D eigenvalue weighted by Gasteiger charge is -2.20. The van der Waals surface area contributed by atoms with Crippen LogP contribution in [0.5, 0.6) is 0 Å². The minimum absolute atomic E-state index is 0.0932. The van der Waals surface area contributed by atoms with Gasteiger partial charge >= 0.3 is 19.8 Å². The largest absolute Gasteiger partial charge is 0.472 e. The maximum Gasteiger partial charge on any atom is 0.472 e. The summed E-state index contributed by atoms with van der Waals surface area (Å²) in [6.07, 6.45) is 32.8. The second-order valence-electron chi connectivity index (χ2n) is 16.1. The number of carbonyl (C=O) groups excluding carboxylic acids is 2. The van der Waals surface area contributed by atoms with Crippen LogP contribution in [0.15, 0.2) is 60.8 Å². The molecule has 6 N–H and O–H groups in total. The van der Waals surface area contributed by atoms with Crippen molar-refractivity contribution in [3.8, 4) is 0 Å². The first-order chi connectivity index (χ1) is 29.3. The fourth-order valence-electron chi connectivity index (χ4n) is 6.05. The lowest BCUT2D eigenvalue weighted by molar-refractivity contribution is -0.161. The number of ether oxygens (including phenoxy) is 2. The third-order valence-corrected chi connectivity index (χ3v) is 10.7. The van der Waals surface area contributed by atoms with Gasteiger partial charge in [0.1, 0.15) is 12.7 Å². The Kier molecular flexibility index (Phi) is 38.7. The topological polar surface area (TPSA) is 210 Å². The van der Waals surface area contributed by atoms with E-state index in [0.29, 0.717) is 12.8 Å². The monoisotopic (exact) mass is 887 g/mol. The molecule has 61 heavy (non-hydrogen) atoms. The van der Waals surface area contributed by atoms with Gasteiger partial charge in [-0.25, -0.2) is 4.57 Å². The minimum Gasteiger partial charge on any atom is -0.462 e. The number of aliphatic hydroxyl groups excluding tert-OH is 5. The lowest BCUT2D eigenvalue weighted by atomic mass is 10.0. The van der Waals surface area contributed by atoms with Crippen molar-refractivity contribution in [2.24, 2.45) is 5.92 Å². The van der Waals surface area contributed by atoms with Crippen molar-refractivity contribution in [3.63, 3.8) is 0 Å². The first-order valence-corrected chi connectivity index (χ1v) is 24.4. The van der Waals surface area contributed by atoms with Gasteiger partial charge in [-0.15, -0.1) is 0 Å². The predicted molar refractivity (Wildman–Crippen MR) is 241 cm³/mol. The number of phosphoric ester groups is 1. The summed E-state index contributed by atoms with van der Waals surface area (Å²) in [5.41, 5.74) is 0. The van der Waals surface area contributed by atoms with Gasteiger partial charge in [-0.2, -0.15) is 0 Å². The standard InChI is InChI=1S/C47H83O13P/c1-4-5-23-30-41(49)31-25-20-17-18-21-26-32-44(51)45(52)33-28-35-46(53)57-38-43(39-59-61(55,56)58-37-42(50)36-48)60-47(54)34-27-22-16-14-12-10-8-6-7-9-11-13-15-19-24-29-40(2)3/h5,17-18,20-21,23,25-26,31-32,40-45,48-52H,4,6-16,19,22,24,27-30,33-39H2,1-3H3,(H,55,56)/b20-17+,21-18-,23-5-,31-25+,32-26-/t41-,42+,43-,44+,45+/m1/s1. The zero-order valence-electron chi connectivity index (χ0n) is 37.6. The molecule has 13 nitrogen and oxygen atoms in total. The van der Waals surface area contributed by atoms with E-state index in [9.17, 15) is 39.5 Å². The van der Waals surface area contributed by atoms with Crippen LogP contribution in [0.25, 0.3) is 0 Å². The molecule has 0 aliphatic heterocycles. The highest BCUT2D eigenvalue weighted by atomic mass is 31.2. The molecular formula is C47H83O13P. The maximum atomic E-state index is 12.7. The first kappa shape index (κ1) is 58.6. The average Bonchev–Trinajstić information content (AvgIpc) is 3.22. The number of aliphatic hydroxyl groups is 5. The van der Waals surface area contributed by atoms with Crippen LogP contribution < -0.4 is 0 Å². The molecule has 0 aromatic carbocycles. The molecule has 354 valence electrons. The van der Waals surface area contributed by atoms with E-state index < -0.39 is 76.7 Å². The maximum absolute atomic E-state index is 12.7. The zero-order valence-corrected chi connectivity index (χ0v) is 38.5. The highest BCUT2D eigenvalue weighted by molar-refractivity contribution is 7.47. The van der Waals surface area contributed by atoms with E-state index in [-0.39, 0.29) is 25.7 Å². The van der Waals surface area contributed by atoms with E-state index in [1.165, 1.54) is 83.1 Å². The van der Waals surface area contributed by atoms with Gasteiger partial charge in [0.2, 0.25) is 0 Å². The molecule has 0 bridgehead atoms. The predicted octanol–water partition coefficient (Wildman–Crippen LogP) is 9.05.